The number of allylic oxidation sites excluding steroid dienone is 3. The van der Waals surface area contributed by atoms with Crippen molar-refractivity contribution in [1.29, 1.82) is 0 Å². The second-order valence-electron chi connectivity index (χ2n) is 9.80. The molecular weight excluding hydrogens is 476 g/mol. The van der Waals surface area contributed by atoms with E-state index in [-0.39, 0.29) is 17.0 Å². The molecule has 2 N–H and O–H groups in total. The number of H-pyrrole nitrogens is 2. The van der Waals surface area contributed by atoms with Crippen LogP contribution in [0.1, 0.15) is 54.6 Å². The zero-order valence-electron chi connectivity index (χ0n) is 22.1. The predicted molar refractivity (Wildman–Crippen MR) is 150 cm³/mol. The number of ether oxygens (including phenoxy) is 1. The summed E-state index contributed by atoms with van der Waals surface area (Å²) in [4.78, 5) is 27.9. The van der Waals surface area contributed by atoms with Gasteiger partial charge in [0.25, 0.3) is 11.1 Å². The third kappa shape index (κ3) is 4.84. The summed E-state index contributed by atoms with van der Waals surface area (Å²) >= 11 is 0. The van der Waals surface area contributed by atoms with Crippen LogP contribution in [0.3, 0.4) is 0 Å². The van der Waals surface area contributed by atoms with Crippen molar-refractivity contribution in [2.45, 2.75) is 46.0 Å². The van der Waals surface area contributed by atoms with Gasteiger partial charge in [-0.2, -0.15) is 0 Å². The van der Waals surface area contributed by atoms with E-state index in [2.05, 4.69) is 29.3 Å². The fourth-order valence-corrected chi connectivity index (χ4v) is 5.25. The van der Waals surface area contributed by atoms with E-state index in [9.17, 15) is 9.59 Å². The molecule has 5 rings (SSSR count). The molecule has 0 unspecified atom stereocenters. The highest BCUT2D eigenvalue weighted by Gasteiger charge is 2.34. The Morgan fingerprint density at radius 3 is 1.84 bits per heavy atom. The van der Waals surface area contributed by atoms with Gasteiger partial charge < -0.3 is 4.74 Å². The maximum atomic E-state index is 13.9. The Labute approximate surface area is 222 Å². The van der Waals surface area contributed by atoms with Crippen LogP contribution >= 0.6 is 0 Å². The number of hydrogen-bond donors (Lipinski definition) is 2. The van der Waals surface area contributed by atoms with Gasteiger partial charge in [-0.25, -0.2) is 9.36 Å². The van der Waals surface area contributed by atoms with Gasteiger partial charge in [-0.15, -0.1) is 0 Å². The molecule has 1 aliphatic carbocycles. The molecule has 1 atom stereocenters. The van der Waals surface area contributed by atoms with Gasteiger partial charge in [0.05, 0.1) is 18.0 Å². The Morgan fingerprint density at radius 2 is 1.39 bits per heavy atom. The monoisotopic (exact) mass is 510 g/mol. The summed E-state index contributed by atoms with van der Waals surface area (Å²) in [5.41, 5.74) is 3.92. The van der Waals surface area contributed by atoms with Crippen LogP contribution in [0, 0.1) is 19.8 Å². The standard InChI is InChI=1S/C31H34N4O3/c1-4-5-20-38-26-18-16-23(17-19-26)29(27-21(2)32-34(30(27)36)24-12-8-6-9-13-24)28-22(3)33-35(31(28)37)25-14-10-7-11-15-25/h6-16,18-19,23,29,32-33H,4-5,17,20H2,1-3H3/t23-/m1/s1. The molecule has 0 saturated carbocycles. The number of nitrogens with zero attached hydrogens (tertiary/aromatic N) is 2. The van der Waals surface area contributed by atoms with Crippen LogP contribution in [0.2, 0.25) is 0 Å². The second-order valence-corrected chi connectivity index (χ2v) is 9.80. The third-order valence-electron chi connectivity index (χ3n) is 7.18. The summed E-state index contributed by atoms with van der Waals surface area (Å²) in [6, 6.07) is 19.0. The quantitative estimate of drug-likeness (QED) is 0.285. The number of aromatic amines is 2. The number of hydrogen-bond acceptors (Lipinski definition) is 3. The Balaban J connectivity index is 1.62. The molecular formula is C31H34N4O3. The molecule has 2 heterocycles. The summed E-state index contributed by atoms with van der Waals surface area (Å²) < 4.78 is 9.04. The number of rotatable bonds is 9. The lowest BCUT2D eigenvalue weighted by Gasteiger charge is -2.25. The van der Waals surface area contributed by atoms with Gasteiger partial charge in [0.15, 0.2) is 0 Å². The van der Waals surface area contributed by atoms with E-state index in [0.717, 1.165) is 41.4 Å². The zero-order chi connectivity index (χ0) is 26.6. The average molecular weight is 511 g/mol. The highest BCUT2D eigenvalue weighted by molar-refractivity contribution is 5.43. The van der Waals surface area contributed by atoms with E-state index in [1.807, 2.05) is 80.6 Å². The Bertz CT molecular complexity index is 1470. The van der Waals surface area contributed by atoms with E-state index < -0.39 is 5.92 Å². The molecule has 7 heteroatoms. The number of nitrogens with one attached hydrogen (secondary N) is 2. The van der Waals surface area contributed by atoms with Crippen LogP contribution in [0.5, 0.6) is 0 Å². The molecule has 196 valence electrons. The van der Waals surface area contributed by atoms with E-state index in [1.165, 1.54) is 0 Å². The van der Waals surface area contributed by atoms with Crippen molar-refractivity contribution in [3.8, 4) is 11.4 Å². The molecule has 0 aliphatic heterocycles. The van der Waals surface area contributed by atoms with Gasteiger partial charge in [-0.05, 0) is 69.0 Å². The fraction of sp³-hybridized carbons (Fsp3) is 0.290. The third-order valence-corrected chi connectivity index (χ3v) is 7.18. The minimum Gasteiger partial charge on any atom is -0.494 e. The summed E-state index contributed by atoms with van der Waals surface area (Å²) in [7, 11) is 0. The number of benzene rings is 2. The van der Waals surface area contributed by atoms with Crippen LogP contribution in [0.15, 0.2) is 94.2 Å². The van der Waals surface area contributed by atoms with Crippen LogP contribution in [-0.4, -0.2) is 26.2 Å². The zero-order valence-corrected chi connectivity index (χ0v) is 22.1. The first-order valence-corrected chi connectivity index (χ1v) is 13.2. The second kappa shape index (κ2) is 11.0. The number of aryl methyl sites for hydroxylation is 2. The molecule has 0 saturated heterocycles. The topological polar surface area (TPSA) is 84.8 Å². The molecule has 38 heavy (non-hydrogen) atoms. The first-order chi connectivity index (χ1) is 18.5. The van der Waals surface area contributed by atoms with Crippen molar-refractivity contribution in [1.82, 2.24) is 19.6 Å². The molecule has 0 amide bonds. The van der Waals surface area contributed by atoms with Crippen LogP contribution < -0.4 is 11.1 Å². The van der Waals surface area contributed by atoms with Gasteiger partial charge in [0.1, 0.15) is 5.76 Å². The lowest BCUT2D eigenvalue weighted by Crippen LogP contribution is -2.28. The summed E-state index contributed by atoms with van der Waals surface area (Å²) in [5.74, 6) is 0.307. The van der Waals surface area contributed by atoms with E-state index in [4.69, 9.17) is 4.74 Å². The maximum absolute atomic E-state index is 13.9. The first kappa shape index (κ1) is 25.4. The lowest BCUT2D eigenvalue weighted by atomic mass is 9.77. The van der Waals surface area contributed by atoms with Gasteiger partial charge in [-0.3, -0.25) is 19.8 Å². The largest absolute Gasteiger partial charge is 0.494 e. The molecule has 0 radical (unpaired) electrons. The van der Waals surface area contributed by atoms with Crippen molar-refractivity contribution < 1.29 is 4.74 Å². The molecule has 0 fully saturated rings. The van der Waals surface area contributed by atoms with Crippen molar-refractivity contribution >= 4 is 0 Å². The van der Waals surface area contributed by atoms with Crippen LogP contribution in [-0.2, 0) is 4.74 Å². The van der Waals surface area contributed by atoms with Gasteiger partial charge >= 0.3 is 0 Å². The van der Waals surface area contributed by atoms with E-state index in [0.29, 0.717) is 24.2 Å². The van der Waals surface area contributed by atoms with E-state index >= 15 is 0 Å². The highest BCUT2D eigenvalue weighted by atomic mass is 16.5. The van der Waals surface area contributed by atoms with Crippen molar-refractivity contribution in [2.24, 2.45) is 5.92 Å². The van der Waals surface area contributed by atoms with Crippen LogP contribution in [0.4, 0.5) is 0 Å². The van der Waals surface area contributed by atoms with Gasteiger partial charge in [0, 0.05) is 28.4 Å². The minimum atomic E-state index is -0.442. The van der Waals surface area contributed by atoms with Gasteiger partial charge in [-0.1, -0.05) is 55.8 Å². The number of unbranched alkanes of at least 4 members (excludes halogenated alkanes) is 1. The Hall–Kier alpha value is -4.26. The maximum Gasteiger partial charge on any atom is 0.275 e. The minimum absolute atomic E-state index is 0.0913. The fourth-order valence-electron chi connectivity index (χ4n) is 5.25. The molecule has 7 nitrogen and oxygen atoms in total. The molecule has 2 aromatic heterocycles. The summed E-state index contributed by atoms with van der Waals surface area (Å²) in [6.07, 6.45) is 8.87. The van der Waals surface area contributed by atoms with E-state index in [1.54, 1.807) is 9.36 Å². The number of aromatic nitrogens is 4. The lowest BCUT2D eigenvalue weighted by molar-refractivity contribution is 0.216. The molecule has 1 aliphatic rings. The van der Waals surface area contributed by atoms with Crippen molar-refractivity contribution in [3.05, 3.63) is 128 Å². The molecule has 2 aromatic carbocycles. The Kier molecular flexibility index (Phi) is 7.36. The summed E-state index contributed by atoms with van der Waals surface area (Å²) in [6.45, 7) is 6.63. The van der Waals surface area contributed by atoms with Crippen LogP contribution in [0.25, 0.3) is 11.4 Å². The normalized spacial score (nSPS) is 15.2. The molecule has 0 spiro atoms. The SMILES string of the molecule is CCCCOC1=CC[C@H](C(c2c(C)[nH]n(-c3ccccc3)c2=O)c2c(C)[nH]n(-c3ccccc3)c2=O)C=C1. The molecule has 0 bridgehead atoms. The smallest absolute Gasteiger partial charge is 0.275 e. The highest BCUT2D eigenvalue weighted by Crippen LogP contribution is 2.37. The van der Waals surface area contributed by atoms with Gasteiger partial charge in [0.2, 0.25) is 0 Å². The van der Waals surface area contributed by atoms with Crippen molar-refractivity contribution in [2.75, 3.05) is 6.61 Å². The Morgan fingerprint density at radius 1 is 0.868 bits per heavy atom. The molecule has 4 aromatic rings. The number of para-hydroxylation sites is 2. The summed E-state index contributed by atoms with van der Waals surface area (Å²) in [5, 5.41) is 6.52. The van der Waals surface area contributed by atoms with Crippen molar-refractivity contribution in [3.63, 3.8) is 0 Å². The first-order valence-electron chi connectivity index (χ1n) is 13.2. The predicted octanol–water partition coefficient (Wildman–Crippen LogP) is 5.67. The average Bonchev–Trinajstić information content (AvgIpc) is 3.41.